The number of benzene rings is 1. The molecule has 0 unspecified atom stereocenters. The van der Waals surface area contributed by atoms with Crippen molar-refractivity contribution in [2.45, 2.75) is 18.4 Å². The normalized spacial score (nSPS) is 26.6. The van der Waals surface area contributed by atoms with Gasteiger partial charge in [0.1, 0.15) is 5.82 Å². The Labute approximate surface area is 102 Å². The molecule has 1 aromatic rings. The van der Waals surface area contributed by atoms with Gasteiger partial charge in [0.25, 0.3) is 5.91 Å². The Balaban J connectivity index is 1.98. The van der Waals surface area contributed by atoms with Gasteiger partial charge in [-0.3, -0.25) is 9.59 Å². The number of imide groups is 1. The van der Waals surface area contributed by atoms with Crippen LogP contribution in [0.5, 0.6) is 0 Å². The van der Waals surface area contributed by atoms with Crippen LogP contribution in [0.3, 0.4) is 0 Å². The Morgan fingerprint density at radius 2 is 1.94 bits per heavy atom. The minimum atomic E-state index is -1.01. The predicted octanol–water partition coefficient (Wildman–Crippen LogP) is 1.68. The van der Waals surface area contributed by atoms with Crippen molar-refractivity contribution in [2.24, 2.45) is 10.2 Å². The number of carbonyl (C=O) groups is 2. The zero-order valence-electron chi connectivity index (χ0n) is 9.47. The molecule has 0 bridgehead atoms. The molecule has 0 aliphatic carbocycles. The molecule has 1 atom stereocenters. The van der Waals surface area contributed by atoms with Crippen LogP contribution in [0.2, 0.25) is 0 Å². The molecule has 2 aliphatic heterocycles. The first-order valence-corrected chi connectivity index (χ1v) is 5.64. The lowest BCUT2D eigenvalue weighted by molar-refractivity contribution is -0.122. The summed E-state index contributed by atoms with van der Waals surface area (Å²) in [6.45, 7) is 0.469. The average molecular weight is 247 g/mol. The molecule has 6 heteroatoms. The van der Waals surface area contributed by atoms with Crippen molar-refractivity contribution in [2.75, 3.05) is 11.4 Å². The number of halogens is 1. The SMILES string of the molecule is O=C1C[C@@]2(CCN=N2)C(=O)N1c1ccc(F)cc1. The van der Waals surface area contributed by atoms with Gasteiger partial charge in [-0.05, 0) is 24.3 Å². The average Bonchev–Trinajstić information content (AvgIpc) is 2.89. The highest BCUT2D eigenvalue weighted by molar-refractivity contribution is 6.24. The maximum absolute atomic E-state index is 12.8. The Bertz CT molecular complexity index is 555. The third kappa shape index (κ3) is 1.45. The van der Waals surface area contributed by atoms with Crippen LogP contribution in [0.25, 0.3) is 0 Å². The third-order valence-electron chi connectivity index (χ3n) is 3.27. The van der Waals surface area contributed by atoms with Gasteiger partial charge in [-0.1, -0.05) is 0 Å². The predicted molar refractivity (Wildman–Crippen MR) is 60.6 cm³/mol. The number of amides is 2. The zero-order chi connectivity index (χ0) is 12.8. The van der Waals surface area contributed by atoms with Gasteiger partial charge in [0.05, 0.1) is 18.7 Å². The van der Waals surface area contributed by atoms with Crippen LogP contribution in [-0.4, -0.2) is 23.9 Å². The maximum Gasteiger partial charge on any atom is 0.264 e. The number of anilines is 1. The topological polar surface area (TPSA) is 62.1 Å². The van der Waals surface area contributed by atoms with Gasteiger partial charge in [0, 0.05) is 6.42 Å². The van der Waals surface area contributed by atoms with E-state index in [1.807, 2.05) is 0 Å². The Morgan fingerprint density at radius 1 is 1.22 bits per heavy atom. The van der Waals surface area contributed by atoms with Crippen molar-refractivity contribution in [3.8, 4) is 0 Å². The molecular weight excluding hydrogens is 237 g/mol. The molecule has 0 radical (unpaired) electrons. The second kappa shape index (κ2) is 3.69. The number of carbonyl (C=O) groups excluding carboxylic acids is 2. The van der Waals surface area contributed by atoms with Crippen LogP contribution >= 0.6 is 0 Å². The van der Waals surface area contributed by atoms with E-state index in [1.54, 1.807) is 0 Å². The fourth-order valence-electron chi connectivity index (χ4n) is 2.32. The molecule has 2 amide bonds. The monoisotopic (exact) mass is 247 g/mol. The lowest BCUT2D eigenvalue weighted by Gasteiger charge is -2.17. The first-order chi connectivity index (χ1) is 8.62. The van der Waals surface area contributed by atoms with Crippen molar-refractivity contribution in [1.29, 1.82) is 0 Å². The van der Waals surface area contributed by atoms with E-state index in [-0.39, 0.29) is 18.2 Å². The van der Waals surface area contributed by atoms with Crippen molar-refractivity contribution >= 4 is 17.5 Å². The number of hydrogen-bond acceptors (Lipinski definition) is 4. The summed E-state index contributed by atoms with van der Waals surface area (Å²) in [4.78, 5) is 25.3. The Kier molecular flexibility index (Phi) is 2.26. The summed E-state index contributed by atoms with van der Waals surface area (Å²) in [6.07, 6.45) is 0.516. The summed E-state index contributed by atoms with van der Waals surface area (Å²) in [5.74, 6) is -1.08. The lowest BCUT2D eigenvalue weighted by atomic mass is 9.96. The number of hydrogen-bond donors (Lipinski definition) is 0. The quantitative estimate of drug-likeness (QED) is 0.709. The second-order valence-corrected chi connectivity index (χ2v) is 4.43. The summed E-state index contributed by atoms with van der Waals surface area (Å²) in [6, 6.07) is 5.26. The highest BCUT2D eigenvalue weighted by atomic mass is 19.1. The van der Waals surface area contributed by atoms with Crippen molar-refractivity contribution < 1.29 is 14.0 Å². The summed E-state index contributed by atoms with van der Waals surface area (Å²) < 4.78 is 12.8. The number of nitrogens with zero attached hydrogens (tertiary/aromatic N) is 3. The summed E-state index contributed by atoms with van der Waals surface area (Å²) in [5, 5.41) is 7.74. The molecule has 1 fully saturated rings. The molecule has 0 saturated carbocycles. The van der Waals surface area contributed by atoms with Crippen LogP contribution in [0, 0.1) is 5.82 Å². The lowest BCUT2D eigenvalue weighted by Crippen LogP contribution is -2.38. The molecule has 5 nitrogen and oxygen atoms in total. The highest BCUT2D eigenvalue weighted by Gasteiger charge is 2.54. The molecule has 1 saturated heterocycles. The van der Waals surface area contributed by atoms with Gasteiger partial charge in [0.2, 0.25) is 5.91 Å². The molecule has 0 aromatic heterocycles. The number of rotatable bonds is 1. The highest BCUT2D eigenvalue weighted by Crippen LogP contribution is 2.37. The van der Waals surface area contributed by atoms with Crippen LogP contribution in [0.1, 0.15) is 12.8 Å². The fraction of sp³-hybridized carbons (Fsp3) is 0.333. The molecule has 92 valence electrons. The Hall–Kier alpha value is -2.11. The molecule has 0 N–H and O–H groups in total. The van der Waals surface area contributed by atoms with E-state index >= 15 is 0 Å². The minimum absolute atomic E-state index is 0.0483. The van der Waals surface area contributed by atoms with Crippen molar-refractivity contribution in [3.63, 3.8) is 0 Å². The zero-order valence-corrected chi connectivity index (χ0v) is 9.47. The standard InChI is InChI=1S/C12H10FN3O2/c13-8-1-3-9(4-2-8)16-10(17)7-12(11(16)18)5-6-14-15-12/h1-4H,5-7H2/t12-/m0/s1. The third-order valence-corrected chi connectivity index (χ3v) is 3.27. The minimum Gasteiger partial charge on any atom is -0.274 e. The summed E-state index contributed by atoms with van der Waals surface area (Å²) in [5.41, 5.74) is -0.628. The van der Waals surface area contributed by atoms with Crippen LogP contribution < -0.4 is 4.90 Å². The second-order valence-electron chi connectivity index (χ2n) is 4.43. The maximum atomic E-state index is 12.8. The molecule has 1 aromatic carbocycles. The van der Waals surface area contributed by atoms with E-state index in [0.717, 1.165) is 4.90 Å². The van der Waals surface area contributed by atoms with E-state index in [2.05, 4.69) is 10.2 Å². The molecule has 1 spiro atoms. The molecule has 18 heavy (non-hydrogen) atoms. The van der Waals surface area contributed by atoms with E-state index < -0.39 is 11.4 Å². The van der Waals surface area contributed by atoms with Gasteiger partial charge in [-0.25, -0.2) is 9.29 Å². The Morgan fingerprint density at radius 3 is 2.56 bits per heavy atom. The van der Waals surface area contributed by atoms with Crippen LogP contribution in [0.4, 0.5) is 10.1 Å². The largest absolute Gasteiger partial charge is 0.274 e. The van der Waals surface area contributed by atoms with Crippen LogP contribution in [0.15, 0.2) is 34.5 Å². The summed E-state index contributed by atoms with van der Waals surface area (Å²) >= 11 is 0. The molecule has 2 aliphatic rings. The van der Waals surface area contributed by atoms with E-state index in [1.165, 1.54) is 24.3 Å². The smallest absolute Gasteiger partial charge is 0.264 e. The van der Waals surface area contributed by atoms with Gasteiger partial charge < -0.3 is 0 Å². The number of azo groups is 1. The molecule has 3 rings (SSSR count). The van der Waals surface area contributed by atoms with Gasteiger partial charge in [0.15, 0.2) is 5.54 Å². The van der Waals surface area contributed by atoms with Gasteiger partial charge in [-0.2, -0.15) is 10.2 Å². The fourth-order valence-corrected chi connectivity index (χ4v) is 2.32. The van der Waals surface area contributed by atoms with Crippen LogP contribution in [-0.2, 0) is 9.59 Å². The van der Waals surface area contributed by atoms with Gasteiger partial charge >= 0.3 is 0 Å². The van der Waals surface area contributed by atoms with Gasteiger partial charge in [-0.15, -0.1) is 0 Å². The van der Waals surface area contributed by atoms with Crippen molar-refractivity contribution in [1.82, 2.24) is 0 Å². The van der Waals surface area contributed by atoms with E-state index in [4.69, 9.17) is 0 Å². The van der Waals surface area contributed by atoms with E-state index in [0.29, 0.717) is 18.7 Å². The molecule has 2 heterocycles. The molecular formula is C12H10FN3O2. The summed E-state index contributed by atoms with van der Waals surface area (Å²) in [7, 11) is 0. The van der Waals surface area contributed by atoms with E-state index in [9.17, 15) is 14.0 Å². The first kappa shape index (κ1) is 11.0. The van der Waals surface area contributed by atoms with Crippen molar-refractivity contribution in [3.05, 3.63) is 30.1 Å². The first-order valence-electron chi connectivity index (χ1n) is 5.64.